The van der Waals surface area contributed by atoms with Crippen LogP contribution in [0.2, 0.25) is 0 Å². The Balaban J connectivity index is 2.04. The number of nitrogens with zero attached hydrogens (tertiary/aromatic N) is 1. The number of carbonyl (C=O) groups excluding carboxylic acids is 1. The van der Waals surface area contributed by atoms with Gasteiger partial charge < -0.3 is 10.2 Å². The van der Waals surface area contributed by atoms with Gasteiger partial charge in [-0.25, -0.2) is 0 Å². The molecule has 1 fully saturated rings. The molecular weight excluding hydrogens is 248 g/mol. The van der Waals surface area contributed by atoms with Gasteiger partial charge in [-0.05, 0) is 43.5 Å². The van der Waals surface area contributed by atoms with E-state index < -0.39 is 0 Å². The molecule has 0 bridgehead atoms. The summed E-state index contributed by atoms with van der Waals surface area (Å²) < 4.78 is 0. The van der Waals surface area contributed by atoms with Gasteiger partial charge in [0.1, 0.15) is 0 Å². The zero-order chi connectivity index (χ0) is 14.2. The zero-order valence-corrected chi connectivity index (χ0v) is 12.5. The van der Waals surface area contributed by atoms with Gasteiger partial charge in [-0.1, -0.05) is 32.0 Å². The fourth-order valence-corrected chi connectivity index (χ4v) is 3.69. The van der Waals surface area contributed by atoms with Gasteiger partial charge in [0, 0.05) is 24.1 Å². The Kier molecular flexibility index (Phi) is 3.55. The van der Waals surface area contributed by atoms with Crippen molar-refractivity contribution in [1.82, 2.24) is 5.32 Å². The number of carbonyl (C=O) groups is 1. The average Bonchev–Trinajstić information content (AvgIpc) is 2.44. The number of anilines is 1. The fraction of sp³-hybridized carbons (Fsp3) is 0.588. The molecule has 1 aromatic rings. The summed E-state index contributed by atoms with van der Waals surface area (Å²) in [6.45, 7) is 7.21. The number of hydrogen-bond acceptors (Lipinski definition) is 2. The van der Waals surface area contributed by atoms with Gasteiger partial charge >= 0.3 is 0 Å². The first-order chi connectivity index (χ1) is 9.62. The summed E-state index contributed by atoms with van der Waals surface area (Å²) in [7, 11) is 0. The Labute approximate surface area is 121 Å². The molecule has 0 aliphatic carbocycles. The highest BCUT2D eigenvalue weighted by molar-refractivity contribution is 5.98. The highest BCUT2D eigenvalue weighted by Gasteiger charge is 2.43. The van der Waals surface area contributed by atoms with Crippen molar-refractivity contribution in [3.8, 4) is 0 Å². The molecular formula is C17H24N2O. The van der Waals surface area contributed by atoms with Crippen LogP contribution in [0.1, 0.15) is 38.7 Å². The number of nitrogens with one attached hydrogen (secondary N) is 1. The van der Waals surface area contributed by atoms with Gasteiger partial charge in [0.05, 0.1) is 0 Å². The lowest BCUT2D eigenvalue weighted by atomic mass is 9.68. The zero-order valence-electron chi connectivity index (χ0n) is 12.5. The lowest BCUT2D eigenvalue weighted by molar-refractivity contribution is -0.120. The molecule has 2 heterocycles. The molecule has 1 amide bonds. The van der Waals surface area contributed by atoms with Crippen LogP contribution in [0.25, 0.3) is 0 Å². The van der Waals surface area contributed by atoms with Crippen LogP contribution in [0, 0.1) is 5.92 Å². The maximum atomic E-state index is 12.7. The van der Waals surface area contributed by atoms with E-state index in [0.717, 1.165) is 38.2 Å². The summed E-state index contributed by atoms with van der Waals surface area (Å²) in [5.41, 5.74) is 2.62. The van der Waals surface area contributed by atoms with Gasteiger partial charge in [0.15, 0.2) is 0 Å². The van der Waals surface area contributed by atoms with Crippen LogP contribution in [0.3, 0.4) is 0 Å². The fourth-order valence-electron chi connectivity index (χ4n) is 3.69. The maximum Gasteiger partial charge on any atom is 0.227 e. The Morgan fingerprint density at radius 3 is 2.65 bits per heavy atom. The standard InChI is InChI=1S/C17H24N2O/c1-13(2)12-19-15-6-4-3-5-14(15)17(11-16(19)20)7-9-18-10-8-17/h3-6,13,18H,7-12H2,1-2H3. The first-order valence-corrected chi connectivity index (χ1v) is 7.73. The molecule has 0 unspecified atom stereocenters. The Morgan fingerprint density at radius 1 is 1.25 bits per heavy atom. The molecule has 0 radical (unpaired) electrons. The van der Waals surface area contributed by atoms with Gasteiger partial charge in [-0.2, -0.15) is 0 Å². The lowest BCUT2D eigenvalue weighted by Gasteiger charge is -2.45. The van der Waals surface area contributed by atoms with Crippen LogP contribution >= 0.6 is 0 Å². The van der Waals surface area contributed by atoms with Crippen molar-refractivity contribution in [3.63, 3.8) is 0 Å². The number of hydrogen-bond donors (Lipinski definition) is 1. The topological polar surface area (TPSA) is 32.3 Å². The predicted octanol–water partition coefficient (Wildman–Crippen LogP) is 2.70. The van der Waals surface area contributed by atoms with Gasteiger partial charge in [-0.15, -0.1) is 0 Å². The summed E-state index contributed by atoms with van der Waals surface area (Å²) in [5, 5.41) is 3.42. The van der Waals surface area contributed by atoms with Crippen LogP contribution in [-0.2, 0) is 10.2 Å². The van der Waals surface area contributed by atoms with Crippen LogP contribution in [0.5, 0.6) is 0 Å². The monoisotopic (exact) mass is 272 g/mol. The molecule has 3 nitrogen and oxygen atoms in total. The molecule has 2 aliphatic rings. The molecule has 20 heavy (non-hydrogen) atoms. The lowest BCUT2D eigenvalue weighted by Crippen LogP contribution is -2.49. The van der Waals surface area contributed by atoms with E-state index in [-0.39, 0.29) is 5.41 Å². The molecule has 1 saturated heterocycles. The van der Waals surface area contributed by atoms with Crippen LogP contribution < -0.4 is 10.2 Å². The average molecular weight is 272 g/mol. The van der Waals surface area contributed by atoms with E-state index >= 15 is 0 Å². The summed E-state index contributed by atoms with van der Waals surface area (Å²) >= 11 is 0. The van der Waals surface area contributed by atoms with Crippen molar-refractivity contribution in [2.45, 2.75) is 38.5 Å². The maximum absolute atomic E-state index is 12.7. The quantitative estimate of drug-likeness (QED) is 0.898. The summed E-state index contributed by atoms with van der Waals surface area (Å²) in [4.78, 5) is 14.7. The molecule has 0 atom stereocenters. The number of amides is 1. The second kappa shape index (κ2) is 5.21. The van der Waals surface area contributed by atoms with E-state index in [0.29, 0.717) is 18.2 Å². The minimum Gasteiger partial charge on any atom is -0.317 e. The van der Waals surface area contributed by atoms with Gasteiger partial charge in [0.2, 0.25) is 5.91 Å². The van der Waals surface area contributed by atoms with E-state index in [1.807, 2.05) is 4.90 Å². The molecule has 1 spiro atoms. The van der Waals surface area contributed by atoms with Crippen molar-refractivity contribution < 1.29 is 4.79 Å². The third-order valence-corrected chi connectivity index (χ3v) is 4.67. The van der Waals surface area contributed by atoms with Crippen LogP contribution in [0.4, 0.5) is 5.69 Å². The third-order valence-electron chi connectivity index (χ3n) is 4.67. The van der Waals surface area contributed by atoms with Crippen molar-refractivity contribution in [3.05, 3.63) is 29.8 Å². The Hall–Kier alpha value is -1.35. The number of rotatable bonds is 2. The molecule has 1 N–H and O–H groups in total. The summed E-state index contributed by atoms with van der Waals surface area (Å²) in [5.74, 6) is 0.799. The summed E-state index contributed by atoms with van der Waals surface area (Å²) in [6.07, 6.45) is 2.83. The predicted molar refractivity (Wildman–Crippen MR) is 82.0 cm³/mol. The normalized spacial score (nSPS) is 21.4. The number of piperidine rings is 1. The smallest absolute Gasteiger partial charge is 0.227 e. The van der Waals surface area contributed by atoms with Crippen molar-refractivity contribution >= 4 is 11.6 Å². The molecule has 108 valence electrons. The van der Waals surface area contributed by atoms with E-state index in [2.05, 4.69) is 43.4 Å². The van der Waals surface area contributed by atoms with E-state index in [1.54, 1.807) is 0 Å². The van der Waals surface area contributed by atoms with Crippen molar-refractivity contribution in [2.24, 2.45) is 5.92 Å². The number of benzene rings is 1. The molecule has 1 aromatic carbocycles. The van der Waals surface area contributed by atoms with E-state index in [1.165, 1.54) is 5.56 Å². The van der Waals surface area contributed by atoms with Gasteiger partial charge in [-0.3, -0.25) is 4.79 Å². The molecule has 2 aliphatic heterocycles. The first kappa shape index (κ1) is 13.6. The summed E-state index contributed by atoms with van der Waals surface area (Å²) in [6, 6.07) is 8.53. The van der Waals surface area contributed by atoms with Crippen molar-refractivity contribution in [2.75, 3.05) is 24.5 Å². The molecule has 3 rings (SSSR count). The number of fused-ring (bicyclic) bond motifs is 2. The van der Waals surface area contributed by atoms with Crippen LogP contribution in [0.15, 0.2) is 24.3 Å². The van der Waals surface area contributed by atoms with E-state index in [9.17, 15) is 4.79 Å². The van der Waals surface area contributed by atoms with Crippen molar-refractivity contribution in [1.29, 1.82) is 0 Å². The second-order valence-electron chi connectivity index (χ2n) is 6.62. The minimum absolute atomic E-state index is 0.0758. The Bertz CT molecular complexity index is 503. The molecule has 0 saturated carbocycles. The molecule has 0 aromatic heterocycles. The third kappa shape index (κ3) is 2.24. The van der Waals surface area contributed by atoms with E-state index in [4.69, 9.17) is 0 Å². The largest absolute Gasteiger partial charge is 0.317 e. The molecule has 3 heteroatoms. The number of para-hydroxylation sites is 1. The SMILES string of the molecule is CC(C)CN1C(=O)CC2(CCNCC2)c2ccccc21. The Morgan fingerprint density at radius 2 is 1.95 bits per heavy atom. The minimum atomic E-state index is 0.0758. The highest BCUT2D eigenvalue weighted by atomic mass is 16.2. The van der Waals surface area contributed by atoms with Crippen LogP contribution in [-0.4, -0.2) is 25.5 Å². The second-order valence-corrected chi connectivity index (χ2v) is 6.62. The first-order valence-electron chi connectivity index (χ1n) is 7.73. The highest BCUT2D eigenvalue weighted by Crippen LogP contribution is 2.45. The van der Waals surface area contributed by atoms with Gasteiger partial charge in [0.25, 0.3) is 0 Å².